The molecule has 1 amide bonds. The Balaban J connectivity index is 2.06. The van der Waals surface area contributed by atoms with Crippen molar-refractivity contribution in [2.24, 2.45) is 0 Å². The minimum absolute atomic E-state index is 0.610. The first-order chi connectivity index (χ1) is 8.24. The minimum Gasteiger partial charge on any atom is -0.457 e. The van der Waals surface area contributed by atoms with Gasteiger partial charge in [-0.2, -0.15) is 0 Å². The highest BCUT2D eigenvalue weighted by atomic mass is 35.5. The minimum atomic E-state index is -0.610. The average Bonchev–Trinajstić information content (AvgIpc) is 2.32. The zero-order chi connectivity index (χ0) is 12.1. The molecule has 3 nitrogen and oxygen atoms in total. The maximum absolute atomic E-state index is 10.6. The molecule has 0 atom stereocenters. The Morgan fingerprint density at radius 1 is 0.941 bits per heavy atom. The number of carbonyl (C=O) groups excluding carboxylic acids is 1. The number of anilines is 1. The number of amides is 1. The van der Waals surface area contributed by atoms with Crippen LogP contribution in [0.25, 0.3) is 0 Å². The monoisotopic (exact) mass is 247 g/mol. The topological polar surface area (TPSA) is 38.3 Å². The lowest BCUT2D eigenvalue weighted by Gasteiger charge is -2.06. The molecular weight excluding hydrogens is 238 g/mol. The van der Waals surface area contributed by atoms with Crippen LogP contribution < -0.4 is 10.1 Å². The molecule has 0 fully saturated rings. The molecule has 0 saturated heterocycles. The fourth-order valence-corrected chi connectivity index (χ4v) is 1.45. The number of hydrogen-bond donors (Lipinski definition) is 1. The van der Waals surface area contributed by atoms with Crippen LogP contribution in [0.3, 0.4) is 0 Å². The van der Waals surface area contributed by atoms with Gasteiger partial charge in [0.1, 0.15) is 11.5 Å². The summed E-state index contributed by atoms with van der Waals surface area (Å²) in [4.78, 5) is 10.6. The zero-order valence-corrected chi connectivity index (χ0v) is 9.65. The van der Waals surface area contributed by atoms with Crippen molar-refractivity contribution in [3.8, 4) is 11.5 Å². The van der Waals surface area contributed by atoms with Crippen molar-refractivity contribution in [3.05, 3.63) is 54.6 Å². The van der Waals surface area contributed by atoms with Crippen LogP contribution in [-0.4, -0.2) is 5.37 Å². The van der Waals surface area contributed by atoms with Gasteiger partial charge in [-0.15, -0.1) is 0 Å². The Morgan fingerprint density at radius 3 is 2.12 bits per heavy atom. The molecule has 2 aromatic carbocycles. The second-order valence-electron chi connectivity index (χ2n) is 3.34. The highest BCUT2D eigenvalue weighted by Gasteiger charge is 1.99. The van der Waals surface area contributed by atoms with Crippen molar-refractivity contribution >= 4 is 22.7 Å². The first-order valence-corrected chi connectivity index (χ1v) is 5.41. The second-order valence-corrected chi connectivity index (χ2v) is 3.68. The van der Waals surface area contributed by atoms with Crippen molar-refractivity contribution in [1.82, 2.24) is 0 Å². The summed E-state index contributed by atoms with van der Waals surface area (Å²) < 4.78 is 5.59. The lowest BCUT2D eigenvalue weighted by molar-refractivity contribution is 0.269. The molecule has 0 saturated carbocycles. The van der Waals surface area contributed by atoms with Crippen LogP contribution >= 0.6 is 11.6 Å². The molecule has 17 heavy (non-hydrogen) atoms. The van der Waals surface area contributed by atoms with Gasteiger partial charge in [-0.25, -0.2) is 0 Å². The number of halogens is 1. The molecule has 0 aliphatic carbocycles. The summed E-state index contributed by atoms with van der Waals surface area (Å²) in [6, 6.07) is 16.4. The lowest BCUT2D eigenvalue weighted by Crippen LogP contribution is -2.00. The molecule has 0 radical (unpaired) electrons. The molecule has 0 unspecified atom stereocenters. The van der Waals surface area contributed by atoms with Crippen molar-refractivity contribution in [2.75, 3.05) is 5.32 Å². The van der Waals surface area contributed by atoms with Gasteiger partial charge in [0.25, 0.3) is 0 Å². The fraction of sp³-hybridized carbons (Fsp3) is 0. The van der Waals surface area contributed by atoms with Crippen LogP contribution in [-0.2, 0) is 0 Å². The van der Waals surface area contributed by atoms with E-state index in [0.29, 0.717) is 11.4 Å². The quantitative estimate of drug-likeness (QED) is 0.650. The number of ether oxygens (including phenoxy) is 1. The Hall–Kier alpha value is -2.00. The Kier molecular flexibility index (Phi) is 3.62. The maximum Gasteiger partial charge on any atom is 0.318 e. The molecule has 0 heterocycles. The van der Waals surface area contributed by atoms with E-state index in [1.165, 1.54) is 0 Å². The first kappa shape index (κ1) is 11.5. The van der Waals surface area contributed by atoms with E-state index in [1.807, 2.05) is 30.3 Å². The van der Waals surface area contributed by atoms with Crippen molar-refractivity contribution in [3.63, 3.8) is 0 Å². The van der Waals surface area contributed by atoms with Gasteiger partial charge in [0.15, 0.2) is 0 Å². The predicted molar refractivity (Wildman–Crippen MR) is 67.8 cm³/mol. The molecule has 1 N–H and O–H groups in total. The van der Waals surface area contributed by atoms with E-state index in [2.05, 4.69) is 5.32 Å². The third kappa shape index (κ3) is 3.50. The Morgan fingerprint density at radius 2 is 1.53 bits per heavy atom. The molecule has 0 spiro atoms. The van der Waals surface area contributed by atoms with Crippen LogP contribution in [0.2, 0.25) is 0 Å². The third-order valence-electron chi connectivity index (χ3n) is 2.08. The number of nitrogens with one attached hydrogen (secondary N) is 1. The standard InChI is InChI=1S/C13H10ClNO2/c14-13(16)15-10-6-8-12(9-7-10)17-11-4-2-1-3-5-11/h1-9H,(H,15,16). The van der Waals surface area contributed by atoms with Crippen molar-refractivity contribution < 1.29 is 9.53 Å². The number of rotatable bonds is 3. The summed E-state index contributed by atoms with van der Waals surface area (Å²) in [5.74, 6) is 1.46. The van der Waals surface area contributed by atoms with Gasteiger partial charge in [-0.1, -0.05) is 18.2 Å². The van der Waals surface area contributed by atoms with Gasteiger partial charge in [0.2, 0.25) is 0 Å². The fourth-order valence-electron chi connectivity index (χ4n) is 1.34. The number of benzene rings is 2. The normalized spacial score (nSPS) is 9.71. The Bertz CT molecular complexity index is 497. The van der Waals surface area contributed by atoms with E-state index < -0.39 is 5.37 Å². The summed E-state index contributed by atoms with van der Waals surface area (Å²) in [6.45, 7) is 0. The van der Waals surface area contributed by atoms with Crippen LogP contribution in [0.4, 0.5) is 10.5 Å². The van der Waals surface area contributed by atoms with Gasteiger partial charge >= 0.3 is 5.37 Å². The van der Waals surface area contributed by atoms with Gasteiger partial charge < -0.3 is 10.1 Å². The van der Waals surface area contributed by atoms with Crippen LogP contribution in [0.1, 0.15) is 0 Å². The first-order valence-electron chi connectivity index (χ1n) is 5.03. The smallest absolute Gasteiger partial charge is 0.318 e. The molecule has 0 aliphatic heterocycles. The highest BCUT2D eigenvalue weighted by Crippen LogP contribution is 2.22. The van der Waals surface area contributed by atoms with Crippen LogP contribution in [0.5, 0.6) is 11.5 Å². The molecule has 4 heteroatoms. The van der Waals surface area contributed by atoms with E-state index in [4.69, 9.17) is 16.3 Å². The molecular formula is C13H10ClNO2. The predicted octanol–water partition coefficient (Wildman–Crippen LogP) is 4.25. The van der Waals surface area contributed by atoms with E-state index in [9.17, 15) is 4.79 Å². The van der Waals surface area contributed by atoms with Gasteiger partial charge in [-0.05, 0) is 48.0 Å². The van der Waals surface area contributed by atoms with Gasteiger partial charge in [-0.3, -0.25) is 4.79 Å². The van der Waals surface area contributed by atoms with E-state index in [-0.39, 0.29) is 0 Å². The number of para-hydroxylation sites is 1. The van der Waals surface area contributed by atoms with Gasteiger partial charge in [0.05, 0.1) is 0 Å². The highest BCUT2D eigenvalue weighted by molar-refractivity contribution is 6.65. The van der Waals surface area contributed by atoms with Crippen LogP contribution in [0, 0.1) is 0 Å². The molecule has 0 aliphatic rings. The second kappa shape index (κ2) is 5.37. The lowest BCUT2D eigenvalue weighted by atomic mass is 10.3. The molecule has 2 aromatic rings. The summed E-state index contributed by atoms with van der Waals surface area (Å²) in [7, 11) is 0. The summed E-state index contributed by atoms with van der Waals surface area (Å²) in [6.07, 6.45) is 0. The Labute approximate surface area is 104 Å². The zero-order valence-electron chi connectivity index (χ0n) is 8.89. The molecule has 86 valence electrons. The SMILES string of the molecule is O=C(Cl)Nc1ccc(Oc2ccccc2)cc1. The maximum atomic E-state index is 10.6. The third-order valence-corrected chi connectivity index (χ3v) is 2.17. The average molecular weight is 248 g/mol. The van der Waals surface area contributed by atoms with Crippen LogP contribution in [0.15, 0.2) is 54.6 Å². The number of hydrogen-bond acceptors (Lipinski definition) is 2. The molecule has 2 rings (SSSR count). The van der Waals surface area contributed by atoms with Gasteiger partial charge in [0, 0.05) is 5.69 Å². The summed E-state index contributed by atoms with van der Waals surface area (Å²) in [5, 5.41) is 1.86. The molecule has 0 bridgehead atoms. The van der Waals surface area contributed by atoms with E-state index in [0.717, 1.165) is 5.75 Å². The van der Waals surface area contributed by atoms with E-state index >= 15 is 0 Å². The van der Waals surface area contributed by atoms with Crippen molar-refractivity contribution in [2.45, 2.75) is 0 Å². The summed E-state index contributed by atoms with van der Waals surface area (Å²) in [5.41, 5.74) is 0.630. The molecule has 0 aromatic heterocycles. The summed E-state index contributed by atoms with van der Waals surface area (Å²) >= 11 is 5.20. The van der Waals surface area contributed by atoms with E-state index in [1.54, 1.807) is 24.3 Å². The van der Waals surface area contributed by atoms with Crippen molar-refractivity contribution in [1.29, 1.82) is 0 Å². The largest absolute Gasteiger partial charge is 0.457 e. The number of carbonyl (C=O) groups is 1.